The van der Waals surface area contributed by atoms with E-state index < -0.39 is 22.7 Å². The van der Waals surface area contributed by atoms with E-state index in [1.807, 2.05) is 26.0 Å². The lowest BCUT2D eigenvalue weighted by atomic mass is 9.90. The predicted octanol–water partition coefficient (Wildman–Crippen LogP) is 10.5. The number of cyclic esters (lactones) is 1. The number of hydrogen-bond acceptors (Lipinski definition) is 5. The first-order valence-electron chi connectivity index (χ1n) is 17.0. The maximum Gasteiger partial charge on any atom is 0.336 e. The molecule has 258 valence electrons. The second-order valence-electron chi connectivity index (χ2n) is 16.5. The van der Waals surface area contributed by atoms with Crippen molar-refractivity contribution in [1.29, 1.82) is 0 Å². The summed E-state index contributed by atoms with van der Waals surface area (Å²) < 4.78 is 19.6. The van der Waals surface area contributed by atoms with Crippen LogP contribution in [0.1, 0.15) is 102 Å². The summed E-state index contributed by atoms with van der Waals surface area (Å²) >= 11 is 0. The van der Waals surface area contributed by atoms with E-state index in [1.54, 1.807) is 0 Å². The van der Waals surface area contributed by atoms with Crippen LogP contribution in [0.25, 0.3) is 0 Å². The van der Waals surface area contributed by atoms with Crippen LogP contribution in [0.5, 0.6) is 0 Å². The summed E-state index contributed by atoms with van der Waals surface area (Å²) in [7, 11) is -4.19. The normalized spacial score (nSPS) is 29.6. The van der Waals surface area contributed by atoms with Crippen LogP contribution in [0, 0.1) is 11.8 Å². The van der Waals surface area contributed by atoms with Crippen molar-refractivity contribution >= 4 is 22.6 Å². The lowest BCUT2D eigenvalue weighted by Gasteiger charge is -2.39. The molecule has 0 saturated heterocycles. The monoisotopic (exact) mass is 660 g/mol. The van der Waals surface area contributed by atoms with E-state index in [1.165, 1.54) is 0 Å². The number of rotatable bonds is 7. The second-order valence-corrected chi connectivity index (χ2v) is 26.0. The SMILES string of the molecule is CC[C@H]1/C=C(\C)[C@@H](O[Si](C)(C)C(C)(C)C)C/C=C/C=C(\CO[Si](C)(C)C(C)(C)C)C(=O)O[C@H](C(C)C)C/C=C(C)/C=C(\C)[C@@H]1O. The van der Waals surface area contributed by atoms with Gasteiger partial charge in [-0.1, -0.05) is 98.3 Å². The van der Waals surface area contributed by atoms with Gasteiger partial charge in [0.15, 0.2) is 16.6 Å². The summed E-state index contributed by atoms with van der Waals surface area (Å²) in [6.07, 6.45) is 13.4. The molecule has 0 spiro atoms. The van der Waals surface area contributed by atoms with Gasteiger partial charge in [-0.3, -0.25) is 0 Å². The number of esters is 1. The van der Waals surface area contributed by atoms with E-state index in [-0.39, 0.29) is 46.7 Å². The Labute approximate surface area is 279 Å². The molecule has 0 aliphatic carbocycles. The van der Waals surface area contributed by atoms with Crippen LogP contribution >= 0.6 is 0 Å². The van der Waals surface area contributed by atoms with E-state index >= 15 is 0 Å². The number of aliphatic hydroxyl groups excluding tert-OH is 1. The van der Waals surface area contributed by atoms with E-state index in [0.29, 0.717) is 18.4 Å². The number of hydrogen-bond donors (Lipinski definition) is 1. The molecule has 0 aromatic carbocycles. The molecule has 0 unspecified atom stereocenters. The highest BCUT2D eigenvalue weighted by atomic mass is 28.4. The average Bonchev–Trinajstić information content (AvgIpc) is 2.89. The summed E-state index contributed by atoms with van der Waals surface area (Å²) in [5.74, 6) is -0.212. The number of carbonyl (C=O) groups excluding carboxylic acids is 1. The van der Waals surface area contributed by atoms with Gasteiger partial charge in [0.1, 0.15) is 6.10 Å². The zero-order valence-electron chi connectivity index (χ0n) is 31.8. The molecule has 5 nitrogen and oxygen atoms in total. The zero-order chi connectivity index (χ0) is 35.0. The van der Waals surface area contributed by atoms with Crippen LogP contribution in [0.4, 0.5) is 0 Å². The molecule has 0 bridgehead atoms. The highest BCUT2D eigenvalue weighted by Gasteiger charge is 2.40. The van der Waals surface area contributed by atoms with Gasteiger partial charge < -0.3 is 18.7 Å². The molecule has 0 aromatic rings. The summed E-state index contributed by atoms with van der Waals surface area (Å²) in [4.78, 5) is 13.7. The third-order valence-electron chi connectivity index (χ3n) is 10.1. The molecule has 7 heteroatoms. The summed E-state index contributed by atoms with van der Waals surface area (Å²) in [5, 5.41) is 11.5. The first-order chi connectivity index (χ1) is 20.4. The number of ether oxygens (including phenoxy) is 1. The van der Waals surface area contributed by atoms with Crippen LogP contribution in [0.2, 0.25) is 36.3 Å². The van der Waals surface area contributed by atoms with Gasteiger partial charge in [0.05, 0.1) is 24.4 Å². The van der Waals surface area contributed by atoms with Gasteiger partial charge in [0, 0.05) is 12.3 Å². The van der Waals surface area contributed by atoms with Crippen LogP contribution in [-0.2, 0) is 18.4 Å². The van der Waals surface area contributed by atoms with Crippen molar-refractivity contribution in [3.05, 3.63) is 58.7 Å². The van der Waals surface area contributed by atoms with Gasteiger partial charge in [-0.25, -0.2) is 4.79 Å². The highest BCUT2D eigenvalue weighted by Crippen LogP contribution is 2.39. The smallest absolute Gasteiger partial charge is 0.336 e. The van der Waals surface area contributed by atoms with Crippen molar-refractivity contribution < 1.29 is 23.5 Å². The Morgan fingerprint density at radius 2 is 1.53 bits per heavy atom. The predicted molar refractivity (Wildman–Crippen MR) is 197 cm³/mol. The van der Waals surface area contributed by atoms with Gasteiger partial charge in [0.2, 0.25) is 0 Å². The summed E-state index contributed by atoms with van der Waals surface area (Å²) in [6.45, 7) is 35.0. The lowest BCUT2D eigenvalue weighted by Crippen LogP contribution is -2.44. The third kappa shape index (κ3) is 12.9. The third-order valence-corrected chi connectivity index (χ3v) is 19.1. The minimum absolute atomic E-state index is 0.0224. The average molecular weight is 661 g/mol. The first kappa shape index (κ1) is 41.5. The molecule has 0 amide bonds. The first-order valence-corrected chi connectivity index (χ1v) is 22.8. The van der Waals surface area contributed by atoms with Gasteiger partial charge in [-0.05, 0) is 93.0 Å². The van der Waals surface area contributed by atoms with Crippen molar-refractivity contribution in [3.63, 3.8) is 0 Å². The Bertz CT molecular complexity index is 1130. The molecule has 0 saturated carbocycles. The maximum absolute atomic E-state index is 13.7. The Hall–Kier alpha value is -1.52. The van der Waals surface area contributed by atoms with Gasteiger partial charge in [0.25, 0.3) is 0 Å². The molecule has 0 radical (unpaired) electrons. The van der Waals surface area contributed by atoms with Crippen molar-refractivity contribution in [1.82, 2.24) is 0 Å². The number of aliphatic hydroxyl groups is 1. The fraction of sp³-hybridized carbons (Fsp3) is 0.711. The van der Waals surface area contributed by atoms with Crippen molar-refractivity contribution in [2.24, 2.45) is 11.8 Å². The Kier molecular flexibility index (Phi) is 15.7. The zero-order valence-corrected chi connectivity index (χ0v) is 33.8. The van der Waals surface area contributed by atoms with Crippen LogP contribution in [-0.4, -0.2) is 52.6 Å². The molecule has 4 atom stereocenters. The van der Waals surface area contributed by atoms with E-state index in [0.717, 1.165) is 23.1 Å². The maximum atomic E-state index is 13.7. The minimum atomic E-state index is -2.10. The van der Waals surface area contributed by atoms with Crippen LogP contribution in [0.3, 0.4) is 0 Å². The van der Waals surface area contributed by atoms with Gasteiger partial charge >= 0.3 is 5.97 Å². The highest BCUT2D eigenvalue weighted by molar-refractivity contribution is 6.74. The number of carbonyl (C=O) groups is 1. The molecule has 1 heterocycles. The number of allylic oxidation sites excluding steroid dienone is 4. The quantitative estimate of drug-likeness (QED) is 0.167. The standard InChI is InChI=1S/C38H68O5Si2/c1-17-31-25-29(5)34(43-45(15,16)38(10,11)12)21-19-18-20-32(26-41-44(13,14)37(7,8)9)36(40)42-33(27(2)3)23-22-28(4)24-30(6)35(31)39/h18-20,22,24-25,27,31,33-35,39H,17,21,23,26H2,1-16H3/b19-18+,28-22+,29-25+,30-24+,32-20+/t31-,33-,34-,35-/m0/s1. The van der Waals surface area contributed by atoms with Crippen LogP contribution in [0.15, 0.2) is 58.7 Å². The second kappa shape index (κ2) is 17.0. The molecule has 1 N–H and O–H groups in total. The van der Waals surface area contributed by atoms with Crippen molar-refractivity contribution in [2.75, 3.05) is 6.61 Å². The molecule has 1 aliphatic rings. The summed E-state index contributed by atoms with van der Waals surface area (Å²) in [5.41, 5.74) is 3.63. The summed E-state index contributed by atoms with van der Waals surface area (Å²) in [6, 6.07) is 0. The topological polar surface area (TPSA) is 65.0 Å². The molecular formula is C38H68O5Si2. The molecule has 0 aromatic heterocycles. The fourth-order valence-corrected chi connectivity index (χ4v) is 6.88. The fourth-order valence-electron chi connectivity index (χ4n) is 4.59. The van der Waals surface area contributed by atoms with E-state index in [9.17, 15) is 9.90 Å². The van der Waals surface area contributed by atoms with Crippen molar-refractivity contribution in [2.45, 2.75) is 157 Å². The van der Waals surface area contributed by atoms with Gasteiger partial charge in [-0.15, -0.1) is 0 Å². The lowest BCUT2D eigenvalue weighted by molar-refractivity contribution is -0.146. The Balaban J connectivity index is 3.73. The molecular weight excluding hydrogens is 593 g/mol. The minimum Gasteiger partial charge on any atom is -0.458 e. The Morgan fingerprint density at radius 3 is 2.04 bits per heavy atom. The van der Waals surface area contributed by atoms with Crippen LogP contribution < -0.4 is 0 Å². The molecule has 1 rings (SSSR count). The largest absolute Gasteiger partial charge is 0.458 e. The van der Waals surface area contributed by atoms with Crippen molar-refractivity contribution in [3.8, 4) is 0 Å². The van der Waals surface area contributed by atoms with E-state index in [4.69, 9.17) is 13.6 Å². The molecule has 1 aliphatic heterocycles. The van der Waals surface area contributed by atoms with E-state index in [2.05, 4.69) is 120 Å². The molecule has 0 fully saturated rings. The Morgan fingerprint density at radius 1 is 0.956 bits per heavy atom. The van der Waals surface area contributed by atoms with Gasteiger partial charge in [-0.2, -0.15) is 0 Å². The molecule has 45 heavy (non-hydrogen) atoms.